The molecule has 1 unspecified atom stereocenters. The molecule has 0 bridgehead atoms. The van der Waals surface area contributed by atoms with Crippen LogP contribution in [0, 0.1) is 12.8 Å². The van der Waals surface area contributed by atoms with Gasteiger partial charge >= 0.3 is 0 Å². The molecule has 2 heterocycles. The first-order chi connectivity index (χ1) is 14.3. The zero-order valence-corrected chi connectivity index (χ0v) is 18.7. The van der Waals surface area contributed by atoms with Crippen LogP contribution in [0.2, 0.25) is 0 Å². The molecule has 0 radical (unpaired) electrons. The van der Waals surface area contributed by atoms with Crippen LogP contribution in [0.25, 0.3) is 11.4 Å². The Hall–Kier alpha value is -2.88. The fraction of sp³-hybridized carbons (Fsp3) is 0.450. The highest BCUT2D eigenvalue weighted by Gasteiger charge is 2.24. The van der Waals surface area contributed by atoms with Crippen LogP contribution in [0.4, 0.5) is 0 Å². The van der Waals surface area contributed by atoms with E-state index in [0.717, 1.165) is 12.1 Å². The van der Waals surface area contributed by atoms with Gasteiger partial charge in [-0.3, -0.25) is 14.3 Å². The Bertz CT molecular complexity index is 1070. The molecule has 0 spiro atoms. The zero-order valence-electron chi connectivity index (χ0n) is 17.9. The third-order valence-electron chi connectivity index (χ3n) is 4.85. The number of para-hydroxylation sites is 1. The zero-order chi connectivity index (χ0) is 21.8. The van der Waals surface area contributed by atoms with Crippen LogP contribution in [0.15, 0.2) is 40.3 Å². The summed E-state index contributed by atoms with van der Waals surface area (Å²) in [6, 6.07) is 9.38. The van der Waals surface area contributed by atoms with Crippen LogP contribution in [0.1, 0.15) is 32.9 Å². The fourth-order valence-corrected chi connectivity index (χ4v) is 3.85. The number of hydrogen-bond acceptors (Lipinski definition) is 6. The molecule has 0 aliphatic carbocycles. The van der Waals surface area contributed by atoms with Gasteiger partial charge in [0.05, 0.1) is 16.6 Å². The third kappa shape index (κ3) is 4.48. The monoisotopic (exact) mass is 429 g/mol. The van der Waals surface area contributed by atoms with Crippen LogP contribution < -0.4 is 10.9 Å². The van der Waals surface area contributed by atoms with Crippen molar-refractivity contribution in [1.29, 1.82) is 0 Å². The van der Waals surface area contributed by atoms with Gasteiger partial charge < -0.3 is 5.32 Å². The number of benzene rings is 1. The van der Waals surface area contributed by atoms with Gasteiger partial charge in [-0.2, -0.15) is 4.68 Å². The Morgan fingerprint density at radius 3 is 2.57 bits per heavy atom. The summed E-state index contributed by atoms with van der Waals surface area (Å²) in [6.07, 6.45) is 0.920. The second-order valence-electron chi connectivity index (χ2n) is 7.52. The van der Waals surface area contributed by atoms with E-state index in [0.29, 0.717) is 29.0 Å². The molecule has 30 heavy (non-hydrogen) atoms. The third-order valence-corrected chi connectivity index (χ3v) is 5.88. The summed E-state index contributed by atoms with van der Waals surface area (Å²) < 4.78 is 4.76. The number of carbonyl (C=O) groups excluding carboxylic acids is 1. The molecule has 1 atom stereocenters. The van der Waals surface area contributed by atoms with Crippen molar-refractivity contribution in [3.05, 3.63) is 46.4 Å². The molecule has 3 aromatic rings. The van der Waals surface area contributed by atoms with Gasteiger partial charge in [-0.15, -0.1) is 5.10 Å². The van der Waals surface area contributed by atoms with Gasteiger partial charge in [0.15, 0.2) is 5.69 Å². The number of nitrogens with one attached hydrogen (secondary N) is 1. The van der Waals surface area contributed by atoms with Crippen LogP contribution in [0.5, 0.6) is 0 Å². The first-order valence-corrected chi connectivity index (χ1v) is 10.8. The molecule has 0 aliphatic heterocycles. The van der Waals surface area contributed by atoms with E-state index in [-0.39, 0.29) is 11.5 Å². The molecule has 0 saturated heterocycles. The lowest BCUT2D eigenvalue weighted by molar-refractivity contribution is -0.120. The number of amides is 1. The fourth-order valence-electron chi connectivity index (χ4n) is 3.03. The van der Waals surface area contributed by atoms with Crippen LogP contribution in [-0.4, -0.2) is 47.3 Å². The number of hydrogen-bond donors (Lipinski definition) is 1. The smallest absolute Gasteiger partial charge is 0.297 e. The number of nitrogens with zero attached hydrogens (tertiary/aromatic N) is 6. The molecule has 1 aromatic carbocycles. The van der Waals surface area contributed by atoms with Crippen LogP contribution in [-0.2, 0) is 11.8 Å². The molecular weight excluding hydrogens is 402 g/mol. The standard InChI is InChI=1S/C20H27N7O2S/c1-13(2)11-12-21-18(28)15(4)30-20-22-23-24-26(20)17-14(3)25(5)27(19(17)29)16-9-7-6-8-10-16/h6-10,13,15H,11-12H2,1-5H3,(H,21,28). The first kappa shape index (κ1) is 21.8. The van der Waals surface area contributed by atoms with Crippen molar-refractivity contribution in [1.82, 2.24) is 34.9 Å². The molecule has 1 N–H and O–H groups in total. The van der Waals surface area contributed by atoms with Crippen molar-refractivity contribution in [2.24, 2.45) is 13.0 Å². The lowest BCUT2D eigenvalue weighted by atomic mass is 10.1. The van der Waals surface area contributed by atoms with Gasteiger partial charge in [0.1, 0.15) is 0 Å². The predicted octanol–water partition coefficient (Wildman–Crippen LogP) is 2.10. The molecule has 9 nitrogen and oxygen atoms in total. The van der Waals surface area contributed by atoms with Crippen molar-refractivity contribution < 1.29 is 4.79 Å². The number of thioether (sulfide) groups is 1. The van der Waals surface area contributed by atoms with Gasteiger partial charge in [0.25, 0.3) is 5.56 Å². The summed E-state index contributed by atoms with van der Waals surface area (Å²) in [7, 11) is 1.81. The highest BCUT2D eigenvalue weighted by atomic mass is 32.2. The molecule has 1 amide bonds. The van der Waals surface area contributed by atoms with E-state index >= 15 is 0 Å². The number of tetrazole rings is 1. The quantitative estimate of drug-likeness (QED) is 0.551. The SMILES string of the molecule is Cc1c(-n2nnnc2SC(C)C(=O)NCCC(C)C)c(=O)n(-c2ccccc2)n1C. The normalized spacial score (nSPS) is 12.3. The summed E-state index contributed by atoms with van der Waals surface area (Å²) in [5.41, 5.74) is 1.59. The Balaban J connectivity index is 1.87. The van der Waals surface area contributed by atoms with E-state index in [1.54, 1.807) is 16.3 Å². The van der Waals surface area contributed by atoms with E-state index < -0.39 is 5.25 Å². The van der Waals surface area contributed by atoms with Gasteiger partial charge in [-0.25, -0.2) is 4.68 Å². The van der Waals surface area contributed by atoms with E-state index in [4.69, 9.17) is 0 Å². The molecule has 0 aliphatic rings. The molecule has 3 rings (SSSR count). The van der Waals surface area contributed by atoms with Crippen molar-refractivity contribution in [2.75, 3.05) is 6.54 Å². The lowest BCUT2D eigenvalue weighted by Gasteiger charge is -2.12. The van der Waals surface area contributed by atoms with Crippen molar-refractivity contribution in [3.8, 4) is 11.4 Å². The number of carbonyl (C=O) groups is 1. The molecule has 160 valence electrons. The molecule has 0 saturated carbocycles. The van der Waals surface area contributed by atoms with Crippen molar-refractivity contribution >= 4 is 17.7 Å². The highest BCUT2D eigenvalue weighted by Crippen LogP contribution is 2.23. The van der Waals surface area contributed by atoms with Gasteiger partial charge in [0.2, 0.25) is 11.1 Å². The average molecular weight is 430 g/mol. The Kier molecular flexibility index (Phi) is 6.76. The molecular formula is C20H27N7O2S. The summed E-state index contributed by atoms with van der Waals surface area (Å²) in [6.45, 7) is 8.50. The minimum atomic E-state index is -0.401. The maximum absolute atomic E-state index is 13.2. The van der Waals surface area contributed by atoms with E-state index in [1.165, 1.54) is 16.4 Å². The van der Waals surface area contributed by atoms with Gasteiger partial charge in [-0.05, 0) is 48.7 Å². The minimum absolute atomic E-state index is 0.0818. The predicted molar refractivity (Wildman–Crippen MR) is 116 cm³/mol. The van der Waals surface area contributed by atoms with Crippen LogP contribution >= 0.6 is 11.8 Å². The molecule has 10 heteroatoms. The second-order valence-corrected chi connectivity index (χ2v) is 8.82. The Morgan fingerprint density at radius 2 is 1.90 bits per heavy atom. The number of aromatic nitrogens is 6. The maximum Gasteiger partial charge on any atom is 0.297 e. The van der Waals surface area contributed by atoms with Crippen LogP contribution in [0.3, 0.4) is 0 Å². The molecule has 0 fully saturated rings. The minimum Gasteiger partial charge on any atom is -0.355 e. The van der Waals surface area contributed by atoms with E-state index in [2.05, 4.69) is 34.7 Å². The molecule has 2 aromatic heterocycles. The first-order valence-electron chi connectivity index (χ1n) is 9.88. The topological polar surface area (TPSA) is 99.6 Å². The summed E-state index contributed by atoms with van der Waals surface area (Å²) in [5.74, 6) is 0.440. The van der Waals surface area contributed by atoms with Gasteiger partial charge in [0, 0.05) is 13.6 Å². The lowest BCUT2D eigenvalue weighted by Crippen LogP contribution is -2.32. The Morgan fingerprint density at radius 1 is 1.20 bits per heavy atom. The maximum atomic E-state index is 13.2. The average Bonchev–Trinajstić information content (AvgIpc) is 3.24. The van der Waals surface area contributed by atoms with Gasteiger partial charge in [-0.1, -0.05) is 43.8 Å². The van der Waals surface area contributed by atoms with Crippen molar-refractivity contribution in [2.45, 2.75) is 44.5 Å². The van der Waals surface area contributed by atoms with Crippen molar-refractivity contribution in [3.63, 3.8) is 0 Å². The van der Waals surface area contributed by atoms with E-state index in [9.17, 15) is 9.59 Å². The number of rotatable bonds is 8. The summed E-state index contributed by atoms with van der Waals surface area (Å²) in [4.78, 5) is 25.6. The second kappa shape index (κ2) is 9.29. The largest absolute Gasteiger partial charge is 0.355 e. The summed E-state index contributed by atoms with van der Waals surface area (Å²) in [5, 5.41) is 14.7. The van der Waals surface area contributed by atoms with E-state index in [1.807, 2.05) is 44.3 Å². The summed E-state index contributed by atoms with van der Waals surface area (Å²) >= 11 is 1.22. The highest BCUT2D eigenvalue weighted by molar-refractivity contribution is 8.00. The Labute approximate surface area is 179 Å².